The van der Waals surface area contributed by atoms with E-state index < -0.39 is 5.82 Å². The molecule has 1 aliphatic rings. The van der Waals surface area contributed by atoms with Gasteiger partial charge in [0, 0.05) is 23.4 Å². The van der Waals surface area contributed by atoms with Crippen LogP contribution < -0.4 is 10.5 Å². The number of benzene rings is 1. The molecule has 2 N–H and O–H groups in total. The van der Waals surface area contributed by atoms with Gasteiger partial charge < -0.3 is 10.5 Å². The Kier molecular flexibility index (Phi) is 3.97. The van der Waals surface area contributed by atoms with Crippen LogP contribution in [0.4, 0.5) is 10.1 Å². The maximum atomic E-state index is 13.6. The molecule has 0 saturated heterocycles. The van der Waals surface area contributed by atoms with Crippen LogP contribution in [0.25, 0.3) is 11.1 Å². The Bertz CT molecular complexity index is 639. The topological polar surface area (TPSA) is 48.1 Å². The third-order valence-corrected chi connectivity index (χ3v) is 4.04. The van der Waals surface area contributed by atoms with E-state index in [-0.39, 0.29) is 11.8 Å². The average Bonchev–Trinajstić information content (AvgIpc) is 2.97. The van der Waals surface area contributed by atoms with Crippen LogP contribution in [0.1, 0.15) is 25.7 Å². The zero-order valence-corrected chi connectivity index (χ0v) is 12.2. The van der Waals surface area contributed by atoms with E-state index in [9.17, 15) is 4.39 Å². The third-order valence-electron chi connectivity index (χ3n) is 3.72. The van der Waals surface area contributed by atoms with Crippen LogP contribution >= 0.6 is 11.6 Å². The lowest BCUT2D eigenvalue weighted by Gasteiger charge is -2.12. The van der Waals surface area contributed by atoms with E-state index in [2.05, 4.69) is 4.98 Å². The second kappa shape index (κ2) is 5.90. The third kappa shape index (κ3) is 3.10. The quantitative estimate of drug-likeness (QED) is 0.853. The van der Waals surface area contributed by atoms with Gasteiger partial charge in [-0.1, -0.05) is 11.6 Å². The highest BCUT2D eigenvalue weighted by molar-refractivity contribution is 6.33. The van der Waals surface area contributed by atoms with Crippen LogP contribution in [0.5, 0.6) is 5.88 Å². The van der Waals surface area contributed by atoms with Gasteiger partial charge >= 0.3 is 0 Å². The average molecular weight is 307 g/mol. The lowest BCUT2D eigenvalue weighted by atomic mass is 10.1. The van der Waals surface area contributed by atoms with Crippen molar-refractivity contribution < 1.29 is 9.13 Å². The zero-order valence-electron chi connectivity index (χ0n) is 11.5. The molecule has 110 valence electrons. The summed E-state index contributed by atoms with van der Waals surface area (Å²) >= 11 is 6.11. The van der Waals surface area contributed by atoms with Crippen LogP contribution in [0, 0.1) is 5.82 Å². The molecule has 1 heterocycles. The van der Waals surface area contributed by atoms with Crippen LogP contribution in [0.15, 0.2) is 30.5 Å². The Hall–Kier alpha value is -1.81. The van der Waals surface area contributed by atoms with E-state index in [4.69, 9.17) is 22.1 Å². The van der Waals surface area contributed by atoms with Crippen molar-refractivity contribution in [1.82, 2.24) is 4.98 Å². The molecule has 0 unspecified atom stereocenters. The number of aromatic nitrogens is 1. The molecule has 0 radical (unpaired) electrons. The maximum absolute atomic E-state index is 13.6. The summed E-state index contributed by atoms with van der Waals surface area (Å²) in [7, 11) is 0. The maximum Gasteiger partial charge on any atom is 0.213 e. The predicted molar refractivity (Wildman–Crippen MR) is 81.9 cm³/mol. The number of hydrogen-bond acceptors (Lipinski definition) is 3. The molecule has 0 amide bonds. The van der Waals surface area contributed by atoms with Gasteiger partial charge in [-0.3, -0.25) is 0 Å². The molecule has 5 heteroatoms. The number of halogens is 2. The molecule has 21 heavy (non-hydrogen) atoms. The van der Waals surface area contributed by atoms with Gasteiger partial charge in [0.2, 0.25) is 5.88 Å². The lowest BCUT2D eigenvalue weighted by molar-refractivity contribution is 0.201. The van der Waals surface area contributed by atoms with Gasteiger partial charge in [-0.05, 0) is 43.9 Å². The molecule has 3 rings (SSSR count). The molecule has 2 aromatic rings. The van der Waals surface area contributed by atoms with E-state index >= 15 is 0 Å². The summed E-state index contributed by atoms with van der Waals surface area (Å²) in [5.41, 5.74) is 6.83. The molecule has 3 nitrogen and oxygen atoms in total. The smallest absolute Gasteiger partial charge is 0.213 e. The van der Waals surface area contributed by atoms with Gasteiger partial charge in [0.15, 0.2) is 0 Å². The summed E-state index contributed by atoms with van der Waals surface area (Å²) in [5.74, 6) is 0.110. The van der Waals surface area contributed by atoms with E-state index in [0.29, 0.717) is 16.5 Å². The summed E-state index contributed by atoms with van der Waals surface area (Å²) in [6.45, 7) is 0. The van der Waals surface area contributed by atoms with Gasteiger partial charge in [-0.15, -0.1) is 0 Å². The first-order valence-electron chi connectivity index (χ1n) is 7.01. The number of nitrogen functional groups attached to an aromatic ring is 1. The molecule has 0 bridgehead atoms. The van der Waals surface area contributed by atoms with E-state index in [0.717, 1.165) is 18.4 Å². The van der Waals surface area contributed by atoms with Crippen molar-refractivity contribution in [3.05, 3.63) is 41.3 Å². The highest BCUT2D eigenvalue weighted by Crippen LogP contribution is 2.32. The molecule has 1 aromatic carbocycles. The molecule has 1 saturated carbocycles. The minimum Gasteiger partial charge on any atom is -0.474 e. The second-order valence-electron chi connectivity index (χ2n) is 5.26. The fourth-order valence-electron chi connectivity index (χ4n) is 2.57. The fraction of sp³-hybridized carbons (Fsp3) is 0.312. The monoisotopic (exact) mass is 306 g/mol. The lowest BCUT2D eigenvalue weighted by Crippen LogP contribution is -2.11. The number of anilines is 1. The van der Waals surface area contributed by atoms with E-state index in [1.807, 2.05) is 6.07 Å². The van der Waals surface area contributed by atoms with Crippen molar-refractivity contribution in [2.24, 2.45) is 0 Å². The van der Waals surface area contributed by atoms with Gasteiger partial charge in [-0.25, -0.2) is 9.37 Å². The fourth-order valence-corrected chi connectivity index (χ4v) is 2.85. The van der Waals surface area contributed by atoms with Crippen LogP contribution in [0.2, 0.25) is 5.02 Å². The number of rotatable bonds is 3. The summed E-state index contributed by atoms with van der Waals surface area (Å²) in [5, 5.41) is 0.403. The van der Waals surface area contributed by atoms with Gasteiger partial charge in [0.25, 0.3) is 0 Å². The van der Waals surface area contributed by atoms with Crippen LogP contribution in [-0.4, -0.2) is 11.1 Å². The standard InChI is InChI=1S/C16H16ClFN2O/c17-13-8-15(19)14(18)7-12(13)10-5-6-16(20-9-10)21-11-3-1-2-4-11/h5-9,11H,1-4,19H2. The number of nitrogens with zero attached hydrogens (tertiary/aromatic N) is 1. The Labute approximate surface area is 127 Å². The van der Waals surface area contributed by atoms with Gasteiger partial charge in [0.1, 0.15) is 11.9 Å². The van der Waals surface area contributed by atoms with Gasteiger partial charge in [0.05, 0.1) is 10.7 Å². The Morgan fingerprint density at radius 1 is 1.24 bits per heavy atom. The second-order valence-corrected chi connectivity index (χ2v) is 5.67. The van der Waals surface area contributed by atoms with Crippen molar-refractivity contribution >= 4 is 17.3 Å². The number of pyridine rings is 1. The van der Waals surface area contributed by atoms with Crippen molar-refractivity contribution in [3.63, 3.8) is 0 Å². The number of hydrogen-bond donors (Lipinski definition) is 1. The normalized spacial score (nSPS) is 15.3. The first-order chi connectivity index (χ1) is 10.1. The predicted octanol–water partition coefficient (Wildman–Crippen LogP) is 4.44. The molecular formula is C16H16ClFN2O. The minimum atomic E-state index is -0.485. The zero-order chi connectivity index (χ0) is 14.8. The van der Waals surface area contributed by atoms with Crippen LogP contribution in [-0.2, 0) is 0 Å². The highest BCUT2D eigenvalue weighted by Gasteiger charge is 2.17. The molecular weight excluding hydrogens is 291 g/mol. The molecule has 0 spiro atoms. The first-order valence-corrected chi connectivity index (χ1v) is 7.39. The Morgan fingerprint density at radius 3 is 2.67 bits per heavy atom. The molecule has 0 atom stereocenters. The van der Waals surface area contributed by atoms with Crippen molar-refractivity contribution in [2.45, 2.75) is 31.8 Å². The molecule has 1 aliphatic carbocycles. The number of nitrogens with two attached hydrogens (primary N) is 1. The summed E-state index contributed by atoms with van der Waals surface area (Å²) < 4.78 is 19.4. The van der Waals surface area contributed by atoms with Crippen molar-refractivity contribution in [1.29, 1.82) is 0 Å². The largest absolute Gasteiger partial charge is 0.474 e. The molecule has 0 aliphatic heterocycles. The summed E-state index contributed by atoms with van der Waals surface area (Å²) in [6.07, 6.45) is 6.49. The highest BCUT2D eigenvalue weighted by atomic mass is 35.5. The van der Waals surface area contributed by atoms with E-state index in [1.54, 1.807) is 12.3 Å². The Morgan fingerprint density at radius 2 is 2.00 bits per heavy atom. The SMILES string of the molecule is Nc1cc(Cl)c(-c2ccc(OC3CCCC3)nc2)cc1F. The molecule has 1 aromatic heterocycles. The van der Waals surface area contributed by atoms with Crippen molar-refractivity contribution in [2.75, 3.05) is 5.73 Å². The number of ether oxygens (including phenoxy) is 1. The molecule has 1 fully saturated rings. The van der Waals surface area contributed by atoms with Crippen LogP contribution in [0.3, 0.4) is 0 Å². The Balaban J connectivity index is 1.82. The van der Waals surface area contributed by atoms with E-state index in [1.165, 1.54) is 25.0 Å². The first kappa shape index (κ1) is 14.1. The summed E-state index contributed by atoms with van der Waals surface area (Å²) in [6, 6.07) is 6.35. The van der Waals surface area contributed by atoms with Crippen molar-refractivity contribution in [3.8, 4) is 17.0 Å². The summed E-state index contributed by atoms with van der Waals surface area (Å²) in [4.78, 5) is 4.28. The van der Waals surface area contributed by atoms with Gasteiger partial charge in [-0.2, -0.15) is 0 Å². The minimum absolute atomic E-state index is 0.0397.